The molecule has 3 unspecified atom stereocenters. The van der Waals surface area contributed by atoms with E-state index in [-0.39, 0.29) is 42.0 Å². The summed E-state index contributed by atoms with van der Waals surface area (Å²) in [5, 5.41) is 3.23. The number of hydrogen-bond acceptors (Lipinski definition) is 2. The maximum atomic E-state index is 13.9. The van der Waals surface area contributed by atoms with Gasteiger partial charge in [0.25, 0.3) is 0 Å². The van der Waals surface area contributed by atoms with Gasteiger partial charge in [-0.1, -0.05) is 48.0 Å². The Kier molecular flexibility index (Phi) is 6.21. The lowest BCUT2D eigenvalue weighted by Crippen LogP contribution is -2.33. The molecule has 2 aromatic carbocycles. The van der Waals surface area contributed by atoms with E-state index in [1.807, 2.05) is 30.3 Å². The van der Waals surface area contributed by atoms with Crippen LogP contribution in [0.4, 0.5) is 4.39 Å². The summed E-state index contributed by atoms with van der Waals surface area (Å²) in [7, 11) is 0. The number of benzene rings is 2. The zero-order chi connectivity index (χ0) is 16.4. The first-order valence-electron chi connectivity index (χ1n) is 7.60. The number of halogens is 3. The molecule has 1 aliphatic carbocycles. The fourth-order valence-corrected chi connectivity index (χ4v) is 3.13. The minimum Gasteiger partial charge on any atom is -0.354 e. The van der Waals surface area contributed by atoms with Crippen LogP contribution < -0.4 is 11.1 Å². The highest BCUT2D eigenvalue weighted by molar-refractivity contribution is 6.31. The van der Waals surface area contributed by atoms with Crippen molar-refractivity contribution < 1.29 is 9.18 Å². The van der Waals surface area contributed by atoms with Gasteiger partial charge in [-0.15, -0.1) is 12.4 Å². The molecule has 24 heavy (non-hydrogen) atoms. The highest BCUT2D eigenvalue weighted by atomic mass is 35.5. The molecule has 1 amide bonds. The molecule has 1 aliphatic rings. The smallest absolute Gasteiger partial charge is 0.223 e. The molecule has 0 spiro atoms. The van der Waals surface area contributed by atoms with Crippen molar-refractivity contribution in [1.29, 1.82) is 0 Å². The van der Waals surface area contributed by atoms with E-state index in [9.17, 15) is 9.18 Å². The number of rotatable bonds is 5. The van der Waals surface area contributed by atoms with Crippen LogP contribution in [0.1, 0.15) is 29.5 Å². The molecule has 0 heterocycles. The van der Waals surface area contributed by atoms with Crippen LogP contribution in [0.3, 0.4) is 0 Å². The van der Waals surface area contributed by atoms with Crippen molar-refractivity contribution >= 4 is 29.9 Å². The molecule has 3 atom stereocenters. The van der Waals surface area contributed by atoms with E-state index in [0.29, 0.717) is 23.6 Å². The summed E-state index contributed by atoms with van der Waals surface area (Å²) in [6.45, 7) is 0.358. The molecule has 0 radical (unpaired) electrons. The summed E-state index contributed by atoms with van der Waals surface area (Å²) < 4.78 is 13.9. The highest BCUT2D eigenvalue weighted by Gasteiger charge is 2.46. The standard InChI is InChI=1S/C18H18ClFN2O.ClH/c19-14-7-4-8-15(20)17(14)12-9-13(12)18(23)22-10-16(21)11-5-2-1-3-6-11;/h1-8,12-13,16H,9-10,21H2,(H,22,23);1H. The van der Waals surface area contributed by atoms with E-state index < -0.39 is 0 Å². The van der Waals surface area contributed by atoms with Crippen molar-refractivity contribution in [1.82, 2.24) is 5.32 Å². The van der Waals surface area contributed by atoms with Gasteiger partial charge in [-0.2, -0.15) is 0 Å². The molecule has 128 valence electrons. The molecule has 0 saturated heterocycles. The van der Waals surface area contributed by atoms with Gasteiger partial charge < -0.3 is 11.1 Å². The minimum atomic E-state index is -0.348. The zero-order valence-corrected chi connectivity index (χ0v) is 14.5. The van der Waals surface area contributed by atoms with Gasteiger partial charge in [0, 0.05) is 35.0 Å². The molecule has 3 N–H and O–H groups in total. The molecular formula is C18H19Cl2FN2O. The summed E-state index contributed by atoms with van der Waals surface area (Å²) in [5.74, 6) is -0.816. The normalized spacial score (nSPS) is 20.0. The average molecular weight is 369 g/mol. The Labute approximate surface area is 151 Å². The van der Waals surface area contributed by atoms with Gasteiger partial charge in [-0.25, -0.2) is 4.39 Å². The van der Waals surface area contributed by atoms with E-state index in [0.717, 1.165) is 5.56 Å². The number of nitrogens with two attached hydrogens (primary N) is 1. The largest absolute Gasteiger partial charge is 0.354 e. The Bertz CT molecular complexity index is 691. The Hall–Kier alpha value is -1.62. The quantitative estimate of drug-likeness (QED) is 0.842. The van der Waals surface area contributed by atoms with Gasteiger partial charge in [0.2, 0.25) is 5.91 Å². The van der Waals surface area contributed by atoms with Gasteiger partial charge in [-0.3, -0.25) is 4.79 Å². The molecule has 3 rings (SSSR count). The van der Waals surface area contributed by atoms with Crippen LogP contribution in [0.5, 0.6) is 0 Å². The summed E-state index contributed by atoms with van der Waals surface area (Å²) in [6, 6.07) is 13.9. The topological polar surface area (TPSA) is 55.1 Å². The number of nitrogens with one attached hydrogen (secondary N) is 1. The fraction of sp³-hybridized carbons (Fsp3) is 0.278. The van der Waals surface area contributed by atoms with Crippen molar-refractivity contribution in [2.45, 2.75) is 18.4 Å². The van der Waals surface area contributed by atoms with Crippen LogP contribution >= 0.6 is 24.0 Å². The Balaban J connectivity index is 0.00000208. The second-order valence-corrected chi connectivity index (χ2v) is 6.25. The first kappa shape index (κ1) is 18.7. The second kappa shape index (κ2) is 7.97. The molecule has 0 aliphatic heterocycles. The third kappa shape index (κ3) is 4.07. The fourth-order valence-electron chi connectivity index (χ4n) is 2.83. The maximum absolute atomic E-state index is 13.9. The Morgan fingerprint density at radius 3 is 2.62 bits per heavy atom. The third-order valence-electron chi connectivity index (χ3n) is 4.22. The average Bonchev–Trinajstić information content (AvgIpc) is 3.33. The maximum Gasteiger partial charge on any atom is 0.223 e. The SMILES string of the molecule is Cl.NC(CNC(=O)C1CC1c1c(F)cccc1Cl)c1ccccc1. The van der Waals surface area contributed by atoms with Crippen molar-refractivity contribution in [3.8, 4) is 0 Å². The molecule has 0 bridgehead atoms. The van der Waals surface area contributed by atoms with Gasteiger partial charge in [0.05, 0.1) is 0 Å². The van der Waals surface area contributed by atoms with E-state index in [2.05, 4.69) is 5.32 Å². The van der Waals surface area contributed by atoms with Crippen LogP contribution in [0, 0.1) is 11.7 Å². The van der Waals surface area contributed by atoms with Gasteiger partial charge in [0.1, 0.15) is 5.82 Å². The molecule has 2 aromatic rings. The van der Waals surface area contributed by atoms with Gasteiger partial charge >= 0.3 is 0 Å². The lowest BCUT2D eigenvalue weighted by atomic mass is 10.1. The van der Waals surface area contributed by atoms with Crippen molar-refractivity contribution in [3.05, 3.63) is 70.5 Å². The monoisotopic (exact) mass is 368 g/mol. The van der Waals surface area contributed by atoms with E-state index in [1.165, 1.54) is 6.07 Å². The summed E-state index contributed by atoms with van der Waals surface area (Å²) >= 11 is 6.05. The van der Waals surface area contributed by atoms with Crippen molar-refractivity contribution in [3.63, 3.8) is 0 Å². The van der Waals surface area contributed by atoms with Gasteiger partial charge in [0.15, 0.2) is 0 Å². The summed E-state index contributed by atoms with van der Waals surface area (Å²) in [6.07, 6.45) is 0.618. The van der Waals surface area contributed by atoms with Crippen LogP contribution in [-0.2, 0) is 4.79 Å². The number of carbonyl (C=O) groups is 1. The highest BCUT2D eigenvalue weighted by Crippen LogP contribution is 2.50. The first-order chi connectivity index (χ1) is 11.1. The number of hydrogen-bond donors (Lipinski definition) is 2. The molecule has 6 heteroatoms. The molecule has 1 saturated carbocycles. The lowest BCUT2D eigenvalue weighted by molar-refractivity contribution is -0.122. The third-order valence-corrected chi connectivity index (χ3v) is 4.55. The number of carbonyl (C=O) groups excluding carboxylic acids is 1. The Morgan fingerprint density at radius 1 is 1.25 bits per heavy atom. The predicted molar refractivity (Wildman–Crippen MR) is 95.9 cm³/mol. The van der Waals surface area contributed by atoms with E-state index >= 15 is 0 Å². The first-order valence-corrected chi connectivity index (χ1v) is 7.98. The minimum absolute atomic E-state index is 0. The van der Waals surface area contributed by atoms with Crippen LogP contribution in [0.15, 0.2) is 48.5 Å². The molecule has 0 aromatic heterocycles. The lowest BCUT2D eigenvalue weighted by Gasteiger charge is -2.13. The summed E-state index contributed by atoms with van der Waals surface area (Å²) in [4.78, 5) is 12.2. The van der Waals surface area contributed by atoms with Gasteiger partial charge in [-0.05, 0) is 24.1 Å². The number of amides is 1. The van der Waals surface area contributed by atoms with Crippen LogP contribution in [-0.4, -0.2) is 12.5 Å². The predicted octanol–water partition coefficient (Wildman–Crippen LogP) is 3.82. The van der Waals surface area contributed by atoms with E-state index in [4.69, 9.17) is 17.3 Å². The van der Waals surface area contributed by atoms with E-state index in [1.54, 1.807) is 12.1 Å². The molecular weight excluding hydrogens is 350 g/mol. The Morgan fingerprint density at radius 2 is 1.96 bits per heavy atom. The van der Waals surface area contributed by atoms with Crippen molar-refractivity contribution in [2.24, 2.45) is 11.7 Å². The van der Waals surface area contributed by atoms with Crippen LogP contribution in [0.25, 0.3) is 0 Å². The molecule has 3 nitrogen and oxygen atoms in total. The molecule has 1 fully saturated rings. The van der Waals surface area contributed by atoms with Crippen LogP contribution in [0.2, 0.25) is 5.02 Å². The zero-order valence-electron chi connectivity index (χ0n) is 12.9. The van der Waals surface area contributed by atoms with Crippen molar-refractivity contribution in [2.75, 3.05) is 6.54 Å². The summed E-state index contributed by atoms with van der Waals surface area (Å²) in [5.41, 5.74) is 7.48. The second-order valence-electron chi connectivity index (χ2n) is 5.85.